The van der Waals surface area contributed by atoms with Crippen molar-refractivity contribution in [3.8, 4) is 0 Å². The van der Waals surface area contributed by atoms with Crippen molar-refractivity contribution in [1.82, 2.24) is 14.7 Å². The van der Waals surface area contributed by atoms with Crippen LogP contribution in [0.5, 0.6) is 0 Å². The molecule has 1 amide bonds. The molecule has 0 unspecified atom stereocenters. The van der Waals surface area contributed by atoms with Crippen molar-refractivity contribution in [1.29, 1.82) is 0 Å². The number of hydrogen-bond acceptors (Lipinski definition) is 3. The van der Waals surface area contributed by atoms with Crippen LogP contribution in [0.4, 0.5) is 5.69 Å². The average Bonchev–Trinajstić information content (AvgIpc) is 2.47. The molecule has 5 heteroatoms. The minimum atomic E-state index is 0.0625. The van der Waals surface area contributed by atoms with Crippen molar-refractivity contribution in [2.75, 3.05) is 19.3 Å². The van der Waals surface area contributed by atoms with Gasteiger partial charge in [-0.05, 0) is 20.3 Å². The fourth-order valence-electron chi connectivity index (χ4n) is 1.57. The average molecular weight is 224 g/mol. The van der Waals surface area contributed by atoms with E-state index in [-0.39, 0.29) is 12.5 Å². The van der Waals surface area contributed by atoms with E-state index in [1.807, 2.05) is 20.8 Å². The van der Waals surface area contributed by atoms with Gasteiger partial charge in [0, 0.05) is 13.6 Å². The van der Waals surface area contributed by atoms with E-state index in [1.165, 1.54) is 0 Å². The summed E-state index contributed by atoms with van der Waals surface area (Å²) < 4.78 is 1.67. The SMILES string of the molecule is CCCN(C)C(=O)Cn1nc(C)c(N)c1C. The maximum absolute atomic E-state index is 11.8. The highest BCUT2D eigenvalue weighted by molar-refractivity contribution is 5.75. The lowest BCUT2D eigenvalue weighted by Gasteiger charge is -2.16. The molecule has 0 aliphatic rings. The van der Waals surface area contributed by atoms with Crippen LogP contribution in [0.2, 0.25) is 0 Å². The highest BCUT2D eigenvalue weighted by Crippen LogP contribution is 2.14. The number of aryl methyl sites for hydroxylation is 1. The first-order valence-corrected chi connectivity index (χ1v) is 5.50. The predicted octanol–water partition coefficient (Wildman–Crippen LogP) is 0.951. The molecule has 0 saturated heterocycles. The van der Waals surface area contributed by atoms with E-state index in [9.17, 15) is 4.79 Å². The molecule has 90 valence electrons. The number of rotatable bonds is 4. The number of carbonyl (C=O) groups excluding carboxylic acids is 1. The zero-order chi connectivity index (χ0) is 12.3. The second kappa shape index (κ2) is 5.01. The zero-order valence-corrected chi connectivity index (χ0v) is 10.4. The number of carbonyl (C=O) groups is 1. The first kappa shape index (κ1) is 12.5. The van der Waals surface area contributed by atoms with Crippen LogP contribution in [0.15, 0.2) is 0 Å². The molecule has 1 rings (SSSR count). The summed E-state index contributed by atoms with van der Waals surface area (Å²) in [6.45, 7) is 6.81. The fraction of sp³-hybridized carbons (Fsp3) is 0.636. The maximum Gasteiger partial charge on any atom is 0.244 e. The number of aromatic nitrogens is 2. The van der Waals surface area contributed by atoms with Crippen LogP contribution in [-0.2, 0) is 11.3 Å². The molecule has 0 aliphatic carbocycles. The monoisotopic (exact) mass is 224 g/mol. The standard InChI is InChI=1S/C11H20N4O/c1-5-6-14(4)10(16)7-15-9(3)11(12)8(2)13-15/h5-7,12H2,1-4H3. The molecule has 5 nitrogen and oxygen atoms in total. The molecule has 1 aromatic rings. The second-order valence-corrected chi connectivity index (χ2v) is 4.06. The summed E-state index contributed by atoms with van der Waals surface area (Å²) in [6.07, 6.45) is 0.960. The number of nitrogens with zero attached hydrogens (tertiary/aromatic N) is 3. The van der Waals surface area contributed by atoms with Crippen LogP contribution < -0.4 is 5.73 Å². The minimum Gasteiger partial charge on any atom is -0.396 e. The van der Waals surface area contributed by atoms with E-state index in [1.54, 1.807) is 16.6 Å². The number of nitrogen functional groups attached to an aromatic ring is 1. The van der Waals surface area contributed by atoms with Gasteiger partial charge in [-0.25, -0.2) is 0 Å². The fourth-order valence-corrected chi connectivity index (χ4v) is 1.57. The molecule has 0 bridgehead atoms. The van der Waals surface area contributed by atoms with Crippen molar-refractivity contribution in [2.45, 2.75) is 33.7 Å². The largest absolute Gasteiger partial charge is 0.396 e. The number of amides is 1. The van der Waals surface area contributed by atoms with Crippen LogP contribution >= 0.6 is 0 Å². The van der Waals surface area contributed by atoms with Crippen LogP contribution in [-0.4, -0.2) is 34.2 Å². The van der Waals surface area contributed by atoms with E-state index in [0.29, 0.717) is 5.69 Å². The quantitative estimate of drug-likeness (QED) is 0.828. The first-order valence-electron chi connectivity index (χ1n) is 5.50. The molecule has 0 aliphatic heterocycles. The van der Waals surface area contributed by atoms with Crippen LogP contribution in [0.3, 0.4) is 0 Å². The van der Waals surface area contributed by atoms with Crippen LogP contribution in [0.1, 0.15) is 24.7 Å². The number of nitrogens with two attached hydrogens (primary N) is 1. The van der Waals surface area contributed by atoms with Gasteiger partial charge in [-0.15, -0.1) is 0 Å². The molecule has 16 heavy (non-hydrogen) atoms. The lowest BCUT2D eigenvalue weighted by molar-refractivity contribution is -0.130. The van der Waals surface area contributed by atoms with Crippen molar-refractivity contribution in [3.63, 3.8) is 0 Å². The molecular formula is C11H20N4O. The van der Waals surface area contributed by atoms with E-state index in [0.717, 1.165) is 24.4 Å². The van der Waals surface area contributed by atoms with Gasteiger partial charge in [-0.2, -0.15) is 5.10 Å². The smallest absolute Gasteiger partial charge is 0.244 e. The Kier molecular flexibility index (Phi) is 3.93. The van der Waals surface area contributed by atoms with Crippen molar-refractivity contribution in [2.24, 2.45) is 0 Å². The maximum atomic E-state index is 11.8. The Morgan fingerprint density at radius 1 is 1.50 bits per heavy atom. The lowest BCUT2D eigenvalue weighted by atomic mass is 10.3. The molecule has 0 atom stereocenters. The Hall–Kier alpha value is -1.52. The topological polar surface area (TPSA) is 64.2 Å². The lowest BCUT2D eigenvalue weighted by Crippen LogP contribution is -2.31. The third kappa shape index (κ3) is 2.53. The summed E-state index contributed by atoms with van der Waals surface area (Å²) in [5.41, 5.74) is 8.12. The third-order valence-electron chi connectivity index (χ3n) is 2.71. The van der Waals surface area contributed by atoms with Gasteiger partial charge in [0.1, 0.15) is 6.54 Å². The van der Waals surface area contributed by atoms with Gasteiger partial charge in [0.05, 0.1) is 17.1 Å². The van der Waals surface area contributed by atoms with Crippen LogP contribution in [0, 0.1) is 13.8 Å². The predicted molar refractivity (Wildman–Crippen MR) is 64.0 cm³/mol. The van der Waals surface area contributed by atoms with Crippen molar-refractivity contribution < 1.29 is 4.79 Å². The Labute approximate surface area is 96.2 Å². The summed E-state index contributed by atoms with van der Waals surface area (Å²) in [6, 6.07) is 0. The highest BCUT2D eigenvalue weighted by atomic mass is 16.2. The van der Waals surface area contributed by atoms with Crippen LogP contribution in [0.25, 0.3) is 0 Å². The van der Waals surface area contributed by atoms with Gasteiger partial charge < -0.3 is 10.6 Å². The van der Waals surface area contributed by atoms with Gasteiger partial charge in [-0.1, -0.05) is 6.92 Å². The zero-order valence-electron chi connectivity index (χ0n) is 10.4. The Morgan fingerprint density at radius 2 is 2.12 bits per heavy atom. The minimum absolute atomic E-state index is 0.0625. The number of anilines is 1. The molecule has 2 N–H and O–H groups in total. The molecule has 1 aromatic heterocycles. The second-order valence-electron chi connectivity index (χ2n) is 4.06. The van der Waals surface area contributed by atoms with Gasteiger partial charge in [0.25, 0.3) is 0 Å². The van der Waals surface area contributed by atoms with E-state index < -0.39 is 0 Å². The number of likely N-dealkylation sites (N-methyl/N-ethyl adjacent to an activating group) is 1. The molecule has 1 heterocycles. The Morgan fingerprint density at radius 3 is 2.56 bits per heavy atom. The van der Waals surface area contributed by atoms with Crippen molar-refractivity contribution >= 4 is 11.6 Å². The van der Waals surface area contributed by atoms with Crippen molar-refractivity contribution in [3.05, 3.63) is 11.4 Å². The highest BCUT2D eigenvalue weighted by Gasteiger charge is 2.13. The summed E-state index contributed by atoms with van der Waals surface area (Å²) >= 11 is 0. The van der Waals surface area contributed by atoms with Gasteiger partial charge in [0.15, 0.2) is 0 Å². The summed E-state index contributed by atoms with van der Waals surface area (Å²) in [4.78, 5) is 13.5. The Bertz CT molecular complexity index is 384. The molecule has 0 fully saturated rings. The van der Waals surface area contributed by atoms with Gasteiger partial charge in [0.2, 0.25) is 5.91 Å². The summed E-state index contributed by atoms with van der Waals surface area (Å²) in [5.74, 6) is 0.0625. The molecule has 0 saturated carbocycles. The molecule has 0 radical (unpaired) electrons. The normalized spacial score (nSPS) is 10.5. The van der Waals surface area contributed by atoms with Gasteiger partial charge >= 0.3 is 0 Å². The van der Waals surface area contributed by atoms with E-state index >= 15 is 0 Å². The van der Waals surface area contributed by atoms with E-state index in [2.05, 4.69) is 5.10 Å². The summed E-state index contributed by atoms with van der Waals surface area (Å²) in [7, 11) is 1.81. The molecule has 0 aromatic carbocycles. The molecular weight excluding hydrogens is 204 g/mol. The summed E-state index contributed by atoms with van der Waals surface area (Å²) in [5, 5.41) is 4.24. The molecule has 0 spiro atoms. The third-order valence-corrected chi connectivity index (χ3v) is 2.71. The Balaban J connectivity index is 2.73. The van der Waals surface area contributed by atoms with E-state index in [4.69, 9.17) is 5.73 Å². The first-order chi connectivity index (χ1) is 7.47. The van der Waals surface area contributed by atoms with Gasteiger partial charge in [-0.3, -0.25) is 9.48 Å². The number of hydrogen-bond donors (Lipinski definition) is 1.